The predicted molar refractivity (Wildman–Crippen MR) is 106 cm³/mol. The Morgan fingerprint density at radius 2 is 1.65 bits per heavy atom. The lowest BCUT2D eigenvalue weighted by atomic mass is 9.99. The molecular weight excluding hydrogens is 326 g/mol. The number of carbonyl (C=O) groups is 1. The van der Waals surface area contributed by atoms with Crippen LogP contribution in [0.15, 0.2) is 42.5 Å². The molecule has 0 aliphatic rings. The van der Waals surface area contributed by atoms with Crippen LogP contribution in [0.1, 0.15) is 37.8 Å². The van der Waals surface area contributed by atoms with Gasteiger partial charge in [-0.3, -0.25) is 4.79 Å². The normalized spacial score (nSPS) is 11.7. The number of nitrogens with one attached hydrogen (secondary N) is 1. The molecule has 4 heteroatoms. The van der Waals surface area contributed by atoms with Gasteiger partial charge in [0.05, 0.1) is 14.2 Å². The van der Waals surface area contributed by atoms with Crippen LogP contribution in [0.4, 0.5) is 5.69 Å². The number of hydrogen-bond acceptors (Lipinski definition) is 3. The highest BCUT2D eigenvalue weighted by Gasteiger charge is 2.15. The fraction of sp³-hybridized carbons (Fsp3) is 0.409. The minimum Gasteiger partial charge on any atom is -0.493 e. The molecule has 0 aliphatic heterocycles. The summed E-state index contributed by atoms with van der Waals surface area (Å²) in [6.45, 7) is 4.12. The van der Waals surface area contributed by atoms with E-state index in [4.69, 9.17) is 9.47 Å². The van der Waals surface area contributed by atoms with E-state index in [1.165, 1.54) is 18.4 Å². The number of amides is 1. The van der Waals surface area contributed by atoms with Gasteiger partial charge in [-0.2, -0.15) is 0 Å². The molecule has 26 heavy (non-hydrogen) atoms. The third-order valence-corrected chi connectivity index (χ3v) is 4.48. The number of aryl methyl sites for hydroxylation is 1. The minimum absolute atomic E-state index is 0.0149. The first-order valence-electron chi connectivity index (χ1n) is 9.18. The van der Waals surface area contributed by atoms with Crippen LogP contribution in [0, 0.1) is 5.92 Å². The van der Waals surface area contributed by atoms with Gasteiger partial charge in [0.2, 0.25) is 5.91 Å². The van der Waals surface area contributed by atoms with Crippen molar-refractivity contribution in [3.05, 3.63) is 53.6 Å². The Labute approximate surface area is 156 Å². The smallest absolute Gasteiger partial charge is 0.227 e. The summed E-state index contributed by atoms with van der Waals surface area (Å²) in [4.78, 5) is 12.5. The Kier molecular flexibility index (Phi) is 7.52. The maximum absolute atomic E-state index is 12.5. The van der Waals surface area contributed by atoms with Gasteiger partial charge in [0.1, 0.15) is 0 Å². The second-order valence-corrected chi connectivity index (χ2v) is 6.58. The zero-order valence-electron chi connectivity index (χ0n) is 16.2. The maximum atomic E-state index is 12.5. The van der Waals surface area contributed by atoms with Crippen LogP contribution < -0.4 is 14.8 Å². The summed E-state index contributed by atoms with van der Waals surface area (Å²) in [5.74, 6) is 1.24. The van der Waals surface area contributed by atoms with Crippen molar-refractivity contribution in [3.8, 4) is 11.5 Å². The summed E-state index contributed by atoms with van der Waals surface area (Å²) >= 11 is 0. The van der Waals surface area contributed by atoms with Crippen LogP contribution in [-0.2, 0) is 17.6 Å². The first-order chi connectivity index (χ1) is 12.6. The average molecular weight is 355 g/mol. The van der Waals surface area contributed by atoms with E-state index in [-0.39, 0.29) is 11.8 Å². The fourth-order valence-corrected chi connectivity index (χ4v) is 2.85. The van der Waals surface area contributed by atoms with Crippen LogP contribution in [0.25, 0.3) is 0 Å². The number of unbranched alkanes of at least 4 members (excludes halogenated alkanes) is 1. The standard InChI is InChI=1S/C22H29NO3/c1-5-6-7-17-8-11-19(12-9-17)23-22(24)16(2)14-18-10-13-20(25-3)21(15-18)26-4/h8-13,15-16H,5-7,14H2,1-4H3,(H,23,24). The maximum Gasteiger partial charge on any atom is 0.227 e. The van der Waals surface area contributed by atoms with Gasteiger partial charge in [-0.15, -0.1) is 0 Å². The minimum atomic E-state index is -0.145. The van der Waals surface area contributed by atoms with Crippen molar-refractivity contribution < 1.29 is 14.3 Å². The highest BCUT2D eigenvalue weighted by atomic mass is 16.5. The zero-order chi connectivity index (χ0) is 18.9. The second kappa shape index (κ2) is 9.85. The van der Waals surface area contributed by atoms with Gasteiger partial charge in [0.15, 0.2) is 11.5 Å². The molecule has 2 rings (SSSR count). The summed E-state index contributed by atoms with van der Waals surface area (Å²) in [5, 5.41) is 3.00. The molecule has 1 unspecified atom stereocenters. The zero-order valence-corrected chi connectivity index (χ0v) is 16.2. The third kappa shape index (κ3) is 5.51. The summed E-state index contributed by atoms with van der Waals surface area (Å²) in [6.07, 6.45) is 4.10. The topological polar surface area (TPSA) is 47.6 Å². The molecule has 0 saturated heterocycles. The number of methoxy groups -OCH3 is 2. The van der Waals surface area contributed by atoms with E-state index < -0.39 is 0 Å². The van der Waals surface area contributed by atoms with Gasteiger partial charge in [0.25, 0.3) is 0 Å². The van der Waals surface area contributed by atoms with Gasteiger partial charge in [-0.1, -0.05) is 38.5 Å². The number of ether oxygens (including phenoxy) is 2. The molecule has 4 nitrogen and oxygen atoms in total. The molecule has 0 spiro atoms. The van der Waals surface area contributed by atoms with Crippen LogP contribution in [-0.4, -0.2) is 20.1 Å². The van der Waals surface area contributed by atoms with Crippen molar-refractivity contribution in [1.29, 1.82) is 0 Å². The average Bonchev–Trinajstić information content (AvgIpc) is 2.67. The molecule has 1 N–H and O–H groups in total. The fourth-order valence-electron chi connectivity index (χ4n) is 2.85. The van der Waals surface area contributed by atoms with Crippen molar-refractivity contribution in [1.82, 2.24) is 0 Å². The van der Waals surface area contributed by atoms with Crippen molar-refractivity contribution >= 4 is 11.6 Å². The number of hydrogen-bond donors (Lipinski definition) is 1. The quantitative estimate of drug-likeness (QED) is 0.698. The highest BCUT2D eigenvalue weighted by Crippen LogP contribution is 2.28. The van der Waals surface area contributed by atoms with E-state index in [2.05, 4.69) is 24.4 Å². The molecule has 0 bridgehead atoms. The Bertz CT molecular complexity index is 710. The lowest BCUT2D eigenvalue weighted by Crippen LogP contribution is -2.22. The van der Waals surface area contributed by atoms with Gasteiger partial charge < -0.3 is 14.8 Å². The van der Waals surface area contributed by atoms with Crippen LogP contribution in [0.3, 0.4) is 0 Å². The molecule has 140 valence electrons. The van der Waals surface area contributed by atoms with E-state index in [1.807, 2.05) is 37.3 Å². The molecular formula is C22H29NO3. The second-order valence-electron chi connectivity index (χ2n) is 6.58. The van der Waals surface area contributed by atoms with Crippen LogP contribution in [0.2, 0.25) is 0 Å². The van der Waals surface area contributed by atoms with Crippen LogP contribution >= 0.6 is 0 Å². The van der Waals surface area contributed by atoms with E-state index >= 15 is 0 Å². The number of carbonyl (C=O) groups excluding carboxylic acids is 1. The van der Waals surface area contributed by atoms with Crippen molar-refractivity contribution in [2.24, 2.45) is 5.92 Å². The molecule has 0 aliphatic carbocycles. The third-order valence-electron chi connectivity index (χ3n) is 4.48. The molecule has 0 fully saturated rings. The largest absolute Gasteiger partial charge is 0.493 e. The predicted octanol–water partition coefficient (Wildman–Crippen LogP) is 4.86. The van der Waals surface area contributed by atoms with E-state index in [9.17, 15) is 4.79 Å². The molecule has 0 aromatic heterocycles. The number of anilines is 1. The van der Waals surface area contributed by atoms with E-state index in [1.54, 1.807) is 14.2 Å². The lowest BCUT2D eigenvalue weighted by Gasteiger charge is -2.14. The summed E-state index contributed by atoms with van der Waals surface area (Å²) in [5.41, 5.74) is 3.19. The van der Waals surface area contributed by atoms with Crippen LogP contribution in [0.5, 0.6) is 11.5 Å². The molecule has 0 saturated carbocycles. The molecule has 2 aromatic rings. The lowest BCUT2D eigenvalue weighted by molar-refractivity contribution is -0.119. The van der Waals surface area contributed by atoms with Gasteiger partial charge in [-0.05, 0) is 54.7 Å². The highest BCUT2D eigenvalue weighted by molar-refractivity contribution is 5.92. The number of benzene rings is 2. The molecule has 1 atom stereocenters. The Morgan fingerprint density at radius 1 is 1.00 bits per heavy atom. The molecule has 2 aromatic carbocycles. The summed E-state index contributed by atoms with van der Waals surface area (Å²) < 4.78 is 10.6. The van der Waals surface area contributed by atoms with Crippen molar-refractivity contribution in [2.45, 2.75) is 39.5 Å². The van der Waals surface area contributed by atoms with Gasteiger partial charge >= 0.3 is 0 Å². The van der Waals surface area contributed by atoms with Crippen molar-refractivity contribution in [2.75, 3.05) is 19.5 Å². The first-order valence-corrected chi connectivity index (χ1v) is 9.18. The number of rotatable bonds is 9. The monoisotopic (exact) mass is 355 g/mol. The van der Waals surface area contributed by atoms with Gasteiger partial charge in [0, 0.05) is 11.6 Å². The van der Waals surface area contributed by atoms with E-state index in [0.29, 0.717) is 17.9 Å². The van der Waals surface area contributed by atoms with Gasteiger partial charge in [-0.25, -0.2) is 0 Å². The first kappa shape index (κ1) is 19.8. The molecule has 1 amide bonds. The Hall–Kier alpha value is -2.49. The Morgan fingerprint density at radius 3 is 2.27 bits per heavy atom. The molecule has 0 radical (unpaired) electrons. The molecule has 0 heterocycles. The van der Waals surface area contributed by atoms with Crippen molar-refractivity contribution in [3.63, 3.8) is 0 Å². The SMILES string of the molecule is CCCCc1ccc(NC(=O)C(C)Cc2ccc(OC)c(OC)c2)cc1. The van der Waals surface area contributed by atoms with E-state index in [0.717, 1.165) is 17.7 Å². The summed E-state index contributed by atoms with van der Waals surface area (Å²) in [7, 11) is 3.23. The summed E-state index contributed by atoms with van der Waals surface area (Å²) in [6, 6.07) is 13.9. The Balaban J connectivity index is 1.95.